The van der Waals surface area contributed by atoms with E-state index in [2.05, 4.69) is 17.1 Å². The number of aromatic amines is 1. The molecule has 0 radical (unpaired) electrons. The molecular formula is C13H21N3O4S. The van der Waals surface area contributed by atoms with Crippen LogP contribution in [0.4, 0.5) is 0 Å². The van der Waals surface area contributed by atoms with Crippen molar-refractivity contribution in [3.8, 4) is 0 Å². The van der Waals surface area contributed by atoms with Gasteiger partial charge >= 0.3 is 5.97 Å². The molecule has 1 aliphatic rings. The molecule has 0 atom stereocenters. The fourth-order valence-electron chi connectivity index (χ4n) is 2.86. The first-order chi connectivity index (χ1) is 9.87. The van der Waals surface area contributed by atoms with Crippen LogP contribution in [-0.4, -0.2) is 47.1 Å². The second-order valence-electron chi connectivity index (χ2n) is 5.47. The second kappa shape index (κ2) is 6.15. The van der Waals surface area contributed by atoms with Crippen molar-refractivity contribution in [2.75, 3.05) is 13.1 Å². The smallest absolute Gasteiger partial charge is 0.357 e. The van der Waals surface area contributed by atoms with Crippen LogP contribution < -0.4 is 0 Å². The van der Waals surface area contributed by atoms with E-state index in [1.807, 2.05) is 0 Å². The summed E-state index contributed by atoms with van der Waals surface area (Å²) in [6, 6.07) is 0. The summed E-state index contributed by atoms with van der Waals surface area (Å²) < 4.78 is 26.7. The number of aromatic carboxylic acids is 1. The Morgan fingerprint density at radius 3 is 2.57 bits per heavy atom. The quantitative estimate of drug-likeness (QED) is 0.859. The van der Waals surface area contributed by atoms with Crippen LogP contribution in [0.2, 0.25) is 0 Å². The van der Waals surface area contributed by atoms with E-state index in [0.29, 0.717) is 19.0 Å². The molecule has 21 heavy (non-hydrogen) atoms. The van der Waals surface area contributed by atoms with Crippen molar-refractivity contribution in [3.05, 3.63) is 11.4 Å². The Hall–Kier alpha value is -1.41. The van der Waals surface area contributed by atoms with Gasteiger partial charge in [-0.05, 0) is 25.7 Å². The number of piperidine rings is 1. The number of carboxylic acids is 1. The third kappa shape index (κ3) is 3.11. The number of hydrogen-bond donors (Lipinski definition) is 2. The highest BCUT2D eigenvalue weighted by Crippen LogP contribution is 2.28. The molecule has 0 spiro atoms. The van der Waals surface area contributed by atoms with E-state index in [-0.39, 0.29) is 10.6 Å². The number of carboxylic acid groups (broad SMARTS) is 1. The normalized spacial score (nSPS) is 18.0. The number of H-pyrrole nitrogens is 1. The minimum Gasteiger partial charge on any atom is -0.476 e. The molecular weight excluding hydrogens is 294 g/mol. The van der Waals surface area contributed by atoms with Crippen molar-refractivity contribution in [3.63, 3.8) is 0 Å². The van der Waals surface area contributed by atoms with Crippen molar-refractivity contribution in [1.82, 2.24) is 14.5 Å². The Labute approximate surface area is 124 Å². The summed E-state index contributed by atoms with van der Waals surface area (Å²) in [6.07, 6.45) is 3.86. The first-order valence-electron chi connectivity index (χ1n) is 7.16. The molecule has 8 heteroatoms. The molecule has 1 fully saturated rings. The monoisotopic (exact) mass is 315 g/mol. The van der Waals surface area contributed by atoms with E-state index < -0.39 is 21.7 Å². The molecule has 0 unspecified atom stereocenters. The van der Waals surface area contributed by atoms with Crippen LogP contribution in [0.1, 0.15) is 48.8 Å². The van der Waals surface area contributed by atoms with Gasteiger partial charge < -0.3 is 5.11 Å². The molecule has 2 heterocycles. The van der Waals surface area contributed by atoms with Crippen LogP contribution in [0.25, 0.3) is 0 Å². The number of aryl methyl sites for hydroxylation is 1. The topological polar surface area (TPSA) is 103 Å². The van der Waals surface area contributed by atoms with Gasteiger partial charge in [-0.1, -0.05) is 19.8 Å². The average molecular weight is 315 g/mol. The Balaban J connectivity index is 2.24. The standard InChI is InChI=1S/C13H21N3O4S/c1-3-4-10-5-7-16(8-6-10)21(19,20)12-9(2)14-15-11(12)13(17)18/h10H,3-8H2,1-2H3,(H,14,15)(H,17,18). The molecule has 1 aromatic rings. The molecule has 2 rings (SSSR count). The van der Waals surface area contributed by atoms with Gasteiger partial charge in [-0.25, -0.2) is 13.2 Å². The third-order valence-electron chi connectivity index (χ3n) is 3.96. The van der Waals surface area contributed by atoms with Crippen LogP contribution in [0.15, 0.2) is 4.90 Å². The van der Waals surface area contributed by atoms with Gasteiger partial charge in [0.1, 0.15) is 4.90 Å². The highest BCUT2D eigenvalue weighted by Gasteiger charge is 2.35. The Bertz CT molecular complexity index is 615. The van der Waals surface area contributed by atoms with Gasteiger partial charge in [0.15, 0.2) is 5.69 Å². The molecule has 1 aliphatic heterocycles. The fraction of sp³-hybridized carbons (Fsp3) is 0.692. The maximum absolute atomic E-state index is 12.7. The molecule has 0 aromatic carbocycles. The van der Waals surface area contributed by atoms with Crippen molar-refractivity contribution < 1.29 is 18.3 Å². The zero-order valence-corrected chi connectivity index (χ0v) is 13.1. The van der Waals surface area contributed by atoms with Crippen molar-refractivity contribution >= 4 is 16.0 Å². The van der Waals surface area contributed by atoms with Gasteiger partial charge in [-0.3, -0.25) is 5.10 Å². The van der Waals surface area contributed by atoms with E-state index in [1.54, 1.807) is 0 Å². The number of rotatable bonds is 5. The maximum atomic E-state index is 12.7. The Morgan fingerprint density at radius 1 is 1.43 bits per heavy atom. The van der Waals surface area contributed by atoms with Crippen LogP contribution >= 0.6 is 0 Å². The fourth-order valence-corrected chi connectivity index (χ4v) is 4.61. The largest absolute Gasteiger partial charge is 0.476 e. The lowest BCUT2D eigenvalue weighted by Crippen LogP contribution is -2.39. The molecule has 7 nitrogen and oxygen atoms in total. The predicted molar refractivity (Wildman–Crippen MR) is 76.7 cm³/mol. The molecule has 0 saturated carbocycles. The molecule has 0 bridgehead atoms. The van der Waals surface area contributed by atoms with Crippen LogP contribution in [-0.2, 0) is 10.0 Å². The number of hydrogen-bond acceptors (Lipinski definition) is 4. The summed E-state index contributed by atoms with van der Waals surface area (Å²) in [5.74, 6) is -0.773. The van der Waals surface area contributed by atoms with Gasteiger partial charge in [0.25, 0.3) is 0 Å². The van der Waals surface area contributed by atoms with Crippen molar-refractivity contribution in [1.29, 1.82) is 0 Å². The molecule has 1 saturated heterocycles. The van der Waals surface area contributed by atoms with Gasteiger partial charge in [-0.15, -0.1) is 0 Å². The lowest BCUT2D eigenvalue weighted by Gasteiger charge is -2.31. The van der Waals surface area contributed by atoms with E-state index in [4.69, 9.17) is 5.11 Å². The van der Waals surface area contributed by atoms with Gasteiger partial charge in [0.2, 0.25) is 10.0 Å². The molecule has 118 valence electrons. The summed E-state index contributed by atoms with van der Waals surface area (Å²) in [5, 5.41) is 15.1. The third-order valence-corrected chi connectivity index (χ3v) is 6.02. The van der Waals surface area contributed by atoms with Crippen LogP contribution in [0.5, 0.6) is 0 Å². The van der Waals surface area contributed by atoms with E-state index in [9.17, 15) is 13.2 Å². The minimum atomic E-state index is -3.80. The molecule has 0 aliphatic carbocycles. The summed E-state index contributed by atoms with van der Waals surface area (Å²) in [7, 11) is -3.80. The highest BCUT2D eigenvalue weighted by molar-refractivity contribution is 7.89. The first-order valence-corrected chi connectivity index (χ1v) is 8.60. The maximum Gasteiger partial charge on any atom is 0.357 e. The number of sulfonamides is 1. The second-order valence-corrected chi connectivity index (χ2v) is 7.34. The minimum absolute atomic E-state index is 0.205. The zero-order chi connectivity index (χ0) is 15.6. The van der Waals surface area contributed by atoms with Crippen molar-refractivity contribution in [2.24, 2.45) is 5.92 Å². The molecule has 1 aromatic heterocycles. The molecule has 2 N–H and O–H groups in total. The lowest BCUT2D eigenvalue weighted by atomic mass is 9.94. The average Bonchev–Trinajstić information content (AvgIpc) is 2.82. The van der Waals surface area contributed by atoms with E-state index in [1.165, 1.54) is 11.2 Å². The number of nitrogens with zero attached hydrogens (tertiary/aromatic N) is 2. The summed E-state index contributed by atoms with van der Waals surface area (Å²) in [6.45, 7) is 4.53. The van der Waals surface area contributed by atoms with Gasteiger partial charge in [-0.2, -0.15) is 9.40 Å². The summed E-state index contributed by atoms with van der Waals surface area (Å²) in [5.41, 5.74) is -0.161. The Kier molecular flexibility index (Phi) is 4.67. The summed E-state index contributed by atoms with van der Waals surface area (Å²) in [4.78, 5) is 10.9. The first kappa shape index (κ1) is 16.0. The predicted octanol–water partition coefficient (Wildman–Crippen LogP) is 1.62. The van der Waals surface area contributed by atoms with Crippen LogP contribution in [0.3, 0.4) is 0 Å². The lowest BCUT2D eigenvalue weighted by molar-refractivity contribution is 0.0686. The number of nitrogens with one attached hydrogen (secondary N) is 1. The zero-order valence-electron chi connectivity index (χ0n) is 12.3. The highest BCUT2D eigenvalue weighted by atomic mass is 32.2. The number of carbonyl (C=O) groups is 1. The summed E-state index contributed by atoms with van der Waals surface area (Å²) >= 11 is 0. The molecule has 0 amide bonds. The van der Waals surface area contributed by atoms with E-state index in [0.717, 1.165) is 25.7 Å². The van der Waals surface area contributed by atoms with Crippen LogP contribution in [0, 0.1) is 12.8 Å². The van der Waals surface area contributed by atoms with Crippen molar-refractivity contribution in [2.45, 2.75) is 44.4 Å². The number of aromatic nitrogens is 2. The van der Waals surface area contributed by atoms with Gasteiger partial charge in [0, 0.05) is 13.1 Å². The Morgan fingerprint density at radius 2 is 2.05 bits per heavy atom. The SMILES string of the molecule is CCCC1CCN(S(=O)(=O)c2c(C(=O)O)n[nH]c2C)CC1. The van der Waals surface area contributed by atoms with E-state index >= 15 is 0 Å². The van der Waals surface area contributed by atoms with Gasteiger partial charge in [0.05, 0.1) is 5.69 Å².